The Balaban J connectivity index is 2.03. The van der Waals surface area contributed by atoms with E-state index in [2.05, 4.69) is 31.3 Å². The lowest BCUT2D eigenvalue weighted by Gasteiger charge is -2.26. The number of carbonyl (C=O) groups is 2. The summed E-state index contributed by atoms with van der Waals surface area (Å²) in [5, 5.41) is 6.30. The fourth-order valence-electron chi connectivity index (χ4n) is 1.84. The zero-order valence-electron chi connectivity index (χ0n) is 9.13. The van der Waals surface area contributed by atoms with Crippen molar-refractivity contribution in [3.8, 4) is 0 Å². The van der Waals surface area contributed by atoms with Crippen molar-refractivity contribution in [1.29, 1.82) is 0 Å². The zero-order chi connectivity index (χ0) is 12.7. The number of urea groups is 1. The molecule has 0 spiro atoms. The second kappa shape index (κ2) is 4.05. The van der Waals surface area contributed by atoms with Gasteiger partial charge >= 0.3 is 6.03 Å². The summed E-state index contributed by atoms with van der Waals surface area (Å²) < 4.78 is 2.30. The van der Waals surface area contributed by atoms with Crippen molar-refractivity contribution >= 4 is 39.2 Å². The van der Waals surface area contributed by atoms with Crippen LogP contribution in [0.1, 0.15) is 6.42 Å². The van der Waals surface area contributed by atoms with E-state index in [9.17, 15) is 9.59 Å². The monoisotopic (exact) mass is 309 g/mol. The van der Waals surface area contributed by atoms with Gasteiger partial charge in [0.05, 0.1) is 5.69 Å². The standard InChI is InChI=1S/C10H8BrN5O2/c11-7-3-6(4-8-12-5-13-16(7)8)15-2-1-9(17)14-10(15)18/h3-5H,1-2H2,(H,14,17,18). The molecular formula is C10H8BrN5O2. The van der Waals surface area contributed by atoms with Gasteiger partial charge in [0.2, 0.25) is 5.91 Å². The van der Waals surface area contributed by atoms with Crippen LogP contribution in [-0.2, 0) is 4.79 Å². The van der Waals surface area contributed by atoms with Crippen molar-refractivity contribution in [2.24, 2.45) is 0 Å². The lowest BCUT2D eigenvalue weighted by atomic mass is 10.2. The fourth-order valence-corrected chi connectivity index (χ4v) is 2.34. The number of nitrogens with zero attached hydrogens (tertiary/aromatic N) is 4. The number of rotatable bonds is 1. The van der Waals surface area contributed by atoms with Gasteiger partial charge < -0.3 is 0 Å². The molecule has 0 saturated carbocycles. The van der Waals surface area contributed by atoms with Crippen LogP contribution < -0.4 is 10.2 Å². The Morgan fingerprint density at radius 3 is 2.94 bits per heavy atom. The van der Waals surface area contributed by atoms with Crippen LogP contribution in [0.25, 0.3) is 5.65 Å². The Morgan fingerprint density at radius 1 is 1.33 bits per heavy atom. The number of carbonyl (C=O) groups excluding carboxylic acids is 2. The first kappa shape index (κ1) is 11.1. The molecule has 2 aromatic rings. The summed E-state index contributed by atoms with van der Waals surface area (Å²) in [5.74, 6) is -0.251. The third-order valence-corrected chi connectivity index (χ3v) is 3.25. The molecule has 3 heterocycles. The number of hydrogen-bond donors (Lipinski definition) is 1. The first-order valence-electron chi connectivity index (χ1n) is 5.26. The van der Waals surface area contributed by atoms with E-state index < -0.39 is 6.03 Å². The van der Waals surface area contributed by atoms with Gasteiger partial charge in [-0.05, 0) is 22.0 Å². The molecule has 3 rings (SSSR count). The Kier molecular flexibility index (Phi) is 2.51. The first-order chi connectivity index (χ1) is 8.65. The topological polar surface area (TPSA) is 79.6 Å². The third kappa shape index (κ3) is 1.74. The van der Waals surface area contributed by atoms with Crippen LogP contribution in [0.3, 0.4) is 0 Å². The molecule has 1 aliphatic rings. The summed E-state index contributed by atoms with van der Waals surface area (Å²) in [6.07, 6.45) is 1.73. The molecular weight excluding hydrogens is 302 g/mol. The number of fused-ring (bicyclic) bond motifs is 1. The molecule has 1 N–H and O–H groups in total. The van der Waals surface area contributed by atoms with Crippen LogP contribution in [0, 0.1) is 0 Å². The molecule has 2 aromatic heterocycles. The maximum Gasteiger partial charge on any atom is 0.328 e. The molecule has 8 heteroatoms. The minimum Gasteiger partial charge on any atom is -0.293 e. The molecule has 3 amide bonds. The number of imide groups is 1. The predicted octanol–water partition coefficient (Wildman–Crippen LogP) is 0.938. The number of anilines is 1. The Bertz CT molecular complexity index is 653. The average Bonchev–Trinajstić information content (AvgIpc) is 2.77. The van der Waals surface area contributed by atoms with Gasteiger partial charge in [0, 0.05) is 19.0 Å². The van der Waals surface area contributed by atoms with Gasteiger partial charge in [-0.2, -0.15) is 5.10 Å². The largest absolute Gasteiger partial charge is 0.328 e. The molecule has 0 aromatic carbocycles. The van der Waals surface area contributed by atoms with E-state index >= 15 is 0 Å². The Morgan fingerprint density at radius 2 is 2.17 bits per heavy atom. The van der Waals surface area contributed by atoms with Crippen LogP contribution in [0.15, 0.2) is 23.1 Å². The van der Waals surface area contributed by atoms with Gasteiger partial charge in [0.25, 0.3) is 0 Å². The van der Waals surface area contributed by atoms with Gasteiger partial charge in [0.1, 0.15) is 10.9 Å². The maximum absolute atomic E-state index is 11.7. The van der Waals surface area contributed by atoms with E-state index in [1.54, 1.807) is 16.6 Å². The van der Waals surface area contributed by atoms with E-state index in [0.29, 0.717) is 28.9 Å². The summed E-state index contributed by atoms with van der Waals surface area (Å²) in [5.41, 5.74) is 1.30. The fraction of sp³-hybridized carbons (Fsp3) is 0.200. The smallest absolute Gasteiger partial charge is 0.293 e. The number of amides is 3. The van der Waals surface area contributed by atoms with Crippen molar-refractivity contribution in [2.75, 3.05) is 11.4 Å². The van der Waals surface area contributed by atoms with Crippen molar-refractivity contribution in [2.45, 2.75) is 6.42 Å². The molecule has 92 valence electrons. The predicted molar refractivity (Wildman–Crippen MR) is 66.2 cm³/mol. The lowest BCUT2D eigenvalue weighted by Crippen LogP contribution is -2.49. The quantitative estimate of drug-likeness (QED) is 0.795. The SMILES string of the molecule is O=C1CCN(c2cc(Br)n3ncnc3c2)C(=O)N1. The lowest BCUT2D eigenvalue weighted by molar-refractivity contribution is -0.120. The van der Waals surface area contributed by atoms with Gasteiger partial charge in [-0.25, -0.2) is 14.3 Å². The molecule has 0 unspecified atom stereocenters. The molecule has 0 aliphatic carbocycles. The summed E-state index contributed by atoms with van der Waals surface area (Å²) in [6.45, 7) is 0.363. The summed E-state index contributed by atoms with van der Waals surface area (Å²) in [6, 6.07) is 3.09. The summed E-state index contributed by atoms with van der Waals surface area (Å²) >= 11 is 3.36. The van der Waals surface area contributed by atoms with Crippen LogP contribution >= 0.6 is 15.9 Å². The summed E-state index contributed by atoms with van der Waals surface area (Å²) in [7, 11) is 0. The van der Waals surface area contributed by atoms with E-state index in [1.165, 1.54) is 11.2 Å². The van der Waals surface area contributed by atoms with E-state index in [-0.39, 0.29) is 5.91 Å². The van der Waals surface area contributed by atoms with Crippen LogP contribution in [-0.4, -0.2) is 33.1 Å². The minimum atomic E-state index is -0.415. The number of aromatic nitrogens is 3. The summed E-state index contributed by atoms with van der Waals surface area (Å²) in [4.78, 5) is 28.4. The Labute approximate surface area is 110 Å². The van der Waals surface area contributed by atoms with Crippen LogP contribution in [0.4, 0.5) is 10.5 Å². The highest BCUT2D eigenvalue weighted by Gasteiger charge is 2.24. The highest BCUT2D eigenvalue weighted by Crippen LogP contribution is 2.23. The van der Waals surface area contributed by atoms with E-state index in [1.807, 2.05) is 0 Å². The highest BCUT2D eigenvalue weighted by atomic mass is 79.9. The average molecular weight is 310 g/mol. The van der Waals surface area contributed by atoms with Gasteiger partial charge in [-0.1, -0.05) is 0 Å². The minimum absolute atomic E-state index is 0.251. The molecule has 0 atom stereocenters. The van der Waals surface area contributed by atoms with Crippen LogP contribution in [0.2, 0.25) is 0 Å². The third-order valence-electron chi connectivity index (χ3n) is 2.69. The number of halogens is 1. The van der Waals surface area contributed by atoms with Crippen molar-refractivity contribution in [1.82, 2.24) is 19.9 Å². The first-order valence-corrected chi connectivity index (χ1v) is 6.05. The maximum atomic E-state index is 11.7. The van der Waals surface area contributed by atoms with Gasteiger partial charge in [-0.15, -0.1) is 0 Å². The second-order valence-electron chi connectivity index (χ2n) is 3.82. The number of hydrogen-bond acceptors (Lipinski definition) is 4. The van der Waals surface area contributed by atoms with E-state index in [0.717, 1.165) is 0 Å². The molecule has 1 saturated heterocycles. The Hall–Kier alpha value is -1.96. The van der Waals surface area contributed by atoms with Crippen molar-refractivity contribution in [3.63, 3.8) is 0 Å². The molecule has 18 heavy (non-hydrogen) atoms. The normalized spacial score (nSPS) is 16.2. The van der Waals surface area contributed by atoms with E-state index in [4.69, 9.17) is 0 Å². The zero-order valence-corrected chi connectivity index (χ0v) is 10.7. The highest BCUT2D eigenvalue weighted by molar-refractivity contribution is 9.10. The molecule has 1 fully saturated rings. The second-order valence-corrected chi connectivity index (χ2v) is 4.63. The van der Waals surface area contributed by atoms with Gasteiger partial charge in [-0.3, -0.25) is 15.0 Å². The van der Waals surface area contributed by atoms with Gasteiger partial charge in [0.15, 0.2) is 5.65 Å². The van der Waals surface area contributed by atoms with Crippen molar-refractivity contribution in [3.05, 3.63) is 23.1 Å². The number of pyridine rings is 1. The molecule has 1 aliphatic heterocycles. The molecule has 7 nitrogen and oxygen atoms in total. The van der Waals surface area contributed by atoms with Crippen molar-refractivity contribution < 1.29 is 9.59 Å². The van der Waals surface area contributed by atoms with Crippen LogP contribution in [0.5, 0.6) is 0 Å². The molecule has 0 bridgehead atoms. The molecule has 0 radical (unpaired) electrons. The number of nitrogens with one attached hydrogen (secondary N) is 1.